The summed E-state index contributed by atoms with van der Waals surface area (Å²) in [6.45, 7) is 3.80. The SMILES string of the molecule is CCc1c2c(nc3cnc(/C(N)=N/O)cc13)-c1cc3c(c(=O)n1C2)COC(=O)[C@]3(O)CC.O=C(O)C(F)(F)F. The fraction of sp³-hybridized carbons (Fsp3) is 0.333. The fourth-order valence-corrected chi connectivity index (χ4v) is 4.66. The Hall–Kier alpha value is -4.53. The average molecular weight is 549 g/mol. The second kappa shape index (κ2) is 9.65. The molecule has 15 heteroatoms. The number of hydrogen-bond acceptors (Lipinski definition) is 9. The molecule has 39 heavy (non-hydrogen) atoms. The van der Waals surface area contributed by atoms with Gasteiger partial charge >= 0.3 is 18.1 Å². The highest BCUT2D eigenvalue weighted by molar-refractivity contribution is 5.99. The number of fused-ring (bicyclic) bond motifs is 5. The highest BCUT2D eigenvalue weighted by Gasteiger charge is 2.45. The molecule has 206 valence electrons. The zero-order valence-corrected chi connectivity index (χ0v) is 20.5. The van der Waals surface area contributed by atoms with E-state index in [1.54, 1.807) is 29.8 Å². The van der Waals surface area contributed by atoms with E-state index in [2.05, 4.69) is 10.1 Å². The van der Waals surface area contributed by atoms with Gasteiger partial charge in [0.15, 0.2) is 11.4 Å². The monoisotopic (exact) mass is 549 g/mol. The van der Waals surface area contributed by atoms with E-state index in [1.165, 1.54) is 0 Å². The van der Waals surface area contributed by atoms with Crippen molar-refractivity contribution in [3.05, 3.63) is 56.6 Å². The van der Waals surface area contributed by atoms with Gasteiger partial charge in [0.25, 0.3) is 5.56 Å². The molecule has 0 spiro atoms. The molecule has 0 fully saturated rings. The molecule has 2 aliphatic rings. The van der Waals surface area contributed by atoms with E-state index in [4.69, 9.17) is 30.6 Å². The Kier molecular flexibility index (Phi) is 6.81. The van der Waals surface area contributed by atoms with Crippen LogP contribution in [0.1, 0.15) is 48.2 Å². The number of rotatable bonds is 3. The number of aliphatic carboxylic acids is 1. The summed E-state index contributed by atoms with van der Waals surface area (Å²) < 4.78 is 38.4. The summed E-state index contributed by atoms with van der Waals surface area (Å²) in [4.78, 5) is 43.5. The number of cyclic esters (lactones) is 1. The minimum absolute atomic E-state index is 0.0838. The van der Waals surface area contributed by atoms with Crippen LogP contribution in [0.2, 0.25) is 0 Å². The first-order valence-corrected chi connectivity index (χ1v) is 11.5. The normalized spacial score (nSPS) is 18.0. The Labute approximate surface area is 217 Å². The summed E-state index contributed by atoms with van der Waals surface area (Å²) in [6, 6.07) is 3.40. The van der Waals surface area contributed by atoms with Crippen LogP contribution in [0.5, 0.6) is 0 Å². The highest BCUT2D eigenvalue weighted by Crippen LogP contribution is 2.40. The van der Waals surface area contributed by atoms with Gasteiger partial charge < -0.3 is 30.5 Å². The largest absolute Gasteiger partial charge is 0.490 e. The molecule has 1 atom stereocenters. The fourth-order valence-electron chi connectivity index (χ4n) is 4.66. The van der Waals surface area contributed by atoms with Crippen LogP contribution >= 0.6 is 0 Å². The molecular weight excluding hydrogens is 527 g/mol. The molecule has 0 aliphatic carbocycles. The summed E-state index contributed by atoms with van der Waals surface area (Å²) in [5.74, 6) is -3.62. The number of halogens is 3. The van der Waals surface area contributed by atoms with Crippen LogP contribution in [0.15, 0.2) is 28.3 Å². The lowest BCUT2D eigenvalue weighted by Gasteiger charge is -2.31. The highest BCUT2D eigenvalue weighted by atomic mass is 19.4. The number of hydrogen-bond donors (Lipinski definition) is 4. The van der Waals surface area contributed by atoms with Crippen molar-refractivity contribution in [1.29, 1.82) is 0 Å². The number of amidine groups is 1. The van der Waals surface area contributed by atoms with Crippen molar-refractivity contribution in [2.45, 2.75) is 51.6 Å². The first kappa shape index (κ1) is 27.5. The third kappa shape index (κ3) is 4.43. The molecule has 0 amide bonds. The summed E-state index contributed by atoms with van der Waals surface area (Å²) in [5, 5.41) is 30.9. The number of carbonyl (C=O) groups is 2. The molecule has 12 nitrogen and oxygen atoms in total. The second-order valence-corrected chi connectivity index (χ2v) is 8.75. The van der Waals surface area contributed by atoms with E-state index < -0.39 is 23.7 Å². The van der Waals surface area contributed by atoms with E-state index in [9.17, 15) is 27.9 Å². The summed E-state index contributed by atoms with van der Waals surface area (Å²) in [7, 11) is 0. The Balaban J connectivity index is 0.000000448. The Morgan fingerprint density at radius 2 is 1.92 bits per heavy atom. The smallest absolute Gasteiger partial charge is 0.475 e. The van der Waals surface area contributed by atoms with Gasteiger partial charge in [0.1, 0.15) is 12.3 Å². The number of carbonyl (C=O) groups excluding carboxylic acids is 1. The van der Waals surface area contributed by atoms with Crippen molar-refractivity contribution in [2.75, 3.05) is 0 Å². The number of pyridine rings is 3. The number of oxime groups is 1. The Morgan fingerprint density at radius 1 is 1.26 bits per heavy atom. The van der Waals surface area contributed by atoms with E-state index in [-0.39, 0.29) is 35.5 Å². The Bertz CT molecular complexity index is 1620. The molecule has 5 N–H and O–H groups in total. The van der Waals surface area contributed by atoms with Crippen LogP contribution in [-0.4, -0.2) is 53.9 Å². The lowest BCUT2D eigenvalue weighted by molar-refractivity contribution is -0.192. The number of aryl methyl sites for hydroxylation is 1. The van der Waals surface area contributed by atoms with Crippen molar-refractivity contribution >= 4 is 28.7 Å². The van der Waals surface area contributed by atoms with Gasteiger partial charge in [0.2, 0.25) is 0 Å². The molecule has 5 heterocycles. The molecule has 5 rings (SSSR count). The van der Waals surface area contributed by atoms with Gasteiger partial charge in [-0.15, -0.1) is 0 Å². The van der Waals surface area contributed by atoms with Gasteiger partial charge in [-0.2, -0.15) is 13.2 Å². The summed E-state index contributed by atoms with van der Waals surface area (Å²) in [5.41, 5.74) is 8.02. The van der Waals surface area contributed by atoms with E-state index in [1.807, 2.05) is 6.92 Å². The minimum atomic E-state index is -5.08. The van der Waals surface area contributed by atoms with Crippen LogP contribution < -0.4 is 11.3 Å². The van der Waals surface area contributed by atoms with Crippen molar-refractivity contribution in [1.82, 2.24) is 14.5 Å². The summed E-state index contributed by atoms with van der Waals surface area (Å²) >= 11 is 0. The number of carboxylic acids is 1. The zero-order valence-electron chi connectivity index (χ0n) is 20.5. The molecule has 2 aliphatic heterocycles. The molecule has 0 saturated heterocycles. The lowest BCUT2D eigenvalue weighted by atomic mass is 9.86. The molecule has 0 unspecified atom stereocenters. The van der Waals surface area contributed by atoms with E-state index >= 15 is 0 Å². The van der Waals surface area contributed by atoms with Crippen molar-refractivity contribution in [2.24, 2.45) is 10.9 Å². The number of carboxylic acid groups (broad SMARTS) is 1. The third-order valence-corrected chi connectivity index (χ3v) is 6.66. The second-order valence-electron chi connectivity index (χ2n) is 8.75. The van der Waals surface area contributed by atoms with Gasteiger partial charge in [-0.1, -0.05) is 19.0 Å². The van der Waals surface area contributed by atoms with Gasteiger partial charge in [0, 0.05) is 16.5 Å². The molecule has 0 aromatic carbocycles. The first-order chi connectivity index (χ1) is 18.3. The van der Waals surface area contributed by atoms with Gasteiger partial charge in [-0.25, -0.2) is 14.6 Å². The third-order valence-electron chi connectivity index (χ3n) is 6.66. The maximum Gasteiger partial charge on any atom is 0.490 e. The molecule has 3 aromatic heterocycles. The summed E-state index contributed by atoms with van der Waals surface area (Å²) in [6.07, 6.45) is -2.80. The van der Waals surface area contributed by atoms with Crippen LogP contribution in [0.25, 0.3) is 22.3 Å². The molecular formula is C24H22F3N5O7. The zero-order chi connectivity index (χ0) is 28.9. The van der Waals surface area contributed by atoms with Gasteiger partial charge in [0.05, 0.1) is 35.2 Å². The van der Waals surface area contributed by atoms with Crippen LogP contribution in [0.3, 0.4) is 0 Å². The molecule has 3 aromatic rings. The quantitative estimate of drug-likeness (QED) is 0.0963. The number of nitrogens with two attached hydrogens (primary N) is 1. The standard InChI is InChI=1S/C22H21N5O5.C2HF3O2/c1-3-10-11-5-15(19(23)26-31)24-7-16(11)25-18-12(10)8-27-17(18)6-14-13(20(27)28)9-32-21(29)22(14,30)4-2;3-2(4,5)1(6)7/h5-7,30-31H,3-4,8-9H2,1-2H3,(H2,23,26);(H,6,7)/t22-;/m0./s1. The van der Waals surface area contributed by atoms with E-state index in [0.717, 1.165) is 16.5 Å². The van der Waals surface area contributed by atoms with Crippen molar-refractivity contribution < 1.29 is 42.9 Å². The maximum absolute atomic E-state index is 13.3. The number of nitrogens with zero attached hydrogens (tertiary/aromatic N) is 4. The molecule has 0 saturated carbocycles. The van der Waals surface area contributed by atoms with Crippen molar-refractivity contribution in [3.8, 4) is 11.4 Å². The number of esters is 1. The number of alkyl halides is 3. The van der Waals surface area contributed by atoms with E-state index in [0.29, 0.717) is 35.6 Å². The Morgan fingerprint density at radius 3 is 2.49 bits per heavy atom. The minimum Gasteiger partial charge on any atom is -0.475 e. The van der Waals surface area contributed by atoms with Crippen LogP contribution in [0.4, 0.5) is 13.2 Å². The predicted octanol–water partition coefficient (Wildman–Crippen LogP) is 1.76. The molecule has 0 radical (unpaired) electrons. The van der Waals surface area contributed by atoms with Gasteiger partial charge in [-0.05, 0) is 30.5 Å². The molecule has 0 bridgehead atoms. The maximum atomic E-state index is 13.3. The number of aromatic nitrogens is 3. The van der Waals surface area contributed by atoms with Crippen LogP contribution in [-0.2, 0) is 39.5 Å². The first-order valence-electron chi connectivity index (χ1n) is 11.5. The van der Waals surface area contributed by atoms with Crippen LogP contribution in [0, 0.1) is 0 Å². The lowest BCUT2D eigenvalue weighted by Crippen LogP contribution is -2.44. The van der Waals surface area contributed by atoms with Crippen molar-refractivity contribution in [3.63, 3.8) is 0 Å². The number of aliphatic hydroxyl groups is 1. The topological polar surface area (TPSA) is 190 Å². The van der Waals surface area contributed by atoms with Gasteiger partial charge in [-0.3, -0.25) is 9.78 Å². The number of ether oxygens (including phenoxy) is 1. The average Bonchev–Trinajstić information content (AvgIpc) is 3.27. The predicted molar refractivity (Wildman–Crippen MR) is 128 cm³/mol.